The first-order valence-corrected chi connectivity index (χ1v) is 7.73. The molecule has 2 aliphatic carbocycles. The maximum absolute atomic E-state index is 12.2. The quantitative estimate of drug-likeness (QED) is 0.860. The van der Waals surface area contributed by atoms with Crippen molar-refractivity contribution >= 4 is 11.9 Å². The monoisotopic (exact) mass is 281 g/mol. The van der Waals surface area contributed by atoms with Crippen molar-refractivity contribution in [2.45, 2.75) is 83.8 Å². The molecule has 0 unspecified atom stereocenters. The van der Waals surface area contributed by atoms with Gasteiger partial charge in [0.25, 0.3) is 0 Å². The number of carbonyl (C=O) groups excluding carboxylic acids is 2. The molecule has 0 atom stereocenters. The Kier molecular flexibility index (Phi) is 3.87. The minimum absolute atomic E-state index is 0.218. The van der Waals surface area contributed by atoms with Crippen molar-refractivity contribution in [1.82, 2.24) is 5.32 Å². The number of ether oxygens (including phenoxy) is 1. The zero-order valence-electron chi connectivity index (χ0n) is 13.2. The Morgan fingerprint density at radius 1 is 1.00 bits per heavy atom. The summed E-state index contributed by atoms with van der Waals surface area (Å²) in [6.07, 6.45) is 6.54. The van der Waals surface area contributed by atoms with E-state index in [1.165, 1.54) is 6.42 Å². The molecule has 0 heterocycles. The van der Waals surface area contributed by atoms with Crippen LogP contribution in [0.3, 0.4) is 0 Å². The lowest BCUT2D eigenvalue weighted by Crippen LogP contribution is -2.59. The molecule has 0 spiro atoms. The van der Waals surface area contributed by atoms with Crippen LogP contribution in [-0.4, -0.2) is 23.0 Å². The van der Waals surface area contributed by atoms with E-state index in [2.05, 4.69) is 5.32 Å². The average molecular weight is 281 g/mol. The van der Waals surface area contributed by atoms with Gasteiger partial charge in [0.1, 0.15) is 11.4 Å². The summed E-state index contributed by atoms with van der Waals surface area (Å²) in [6.45, 7) is 7.24. The molecule has 2 aliphatic rings. The number of hydrogen-bond acceptors (Lipinski definition) is 3. The van der Waals surface area contributed by atoms with E-state index in [-0.39, 0.29) is 22.8 Å². The average Bonchev–Trinajstić information content (AvgIpc) is 3.08. The van der Waals surface area contributed by atoms with Gasteiger partial charge >= 0.3 is 6.09 Å². The van der Waals surface area contributed by atoms with Crippen molar-refractivity contribution < 1.29 is 14.3 Å². The number of ketones is 1. The third kappa shape index (κ3) is 2.84. The first kappa shape index (κ1) is 15.3. The smallest absolute Gasteiger partial charge is 0.408 e. The number of carbonyl (C=O) groups is 2. The predicted molar refractivity (Wildman–Crippen MR) is 77.5 cm³/mol. The van der Waals surface area contributed by atoms with Crippen LogP contribution in [-0.2, 0) is 9.53 Å². The number of alkyl carbamates (subject to hydrolysis) is 1. The van der Waals surface area contributed by atoms with Crippen molar-refractivity contribution in [3.05, 3.63) is 0 Å². The number of amides is 1. The minimum atomic E-state index is -0.507. The highest BCUT2D eigenvalue weighted by Crippen LogP contribution is 2.59. The summed E-state index contributed by atoms with van der Waals surface area (Å²) in [5.41, 5.74) is -1.21. The third-order valence-corrected chi connectivity index (χ3v) is 4.79. The Bertz CT molecular complexity index is 398. The molecule has 4 nitrogen and oxygen atoms in total. The van der Waals surface area contributed by atoms with Crippen LogP contribution in [0.15, 0.2) is 0 Å². The highest BCUT2D eigenvalue weighted by atomic mass is 16.6. The van der Waals surface area contributed by atoms with Crippen LogP contribution in [0.1, 0.15) is 72.6 Å². The zero-order valence-corrected chi connectivity index (χ0v) is 13.2. The lowest BCUT2D eigenvalue weighted by molar-refractivity contribution is -0.125. The van der Waals surface area contributed by atoms with Crippen LogP contribution < -0.4 is 5.32 Å². The van der Waals surface area contributed by atoms with Gasteiger partial charge < -0.3 is 10.1 Å². The topological polar surface area (TPSA) is 55.4 Å². The van der Waals surface area contributed by atoms with Crippen LogP contribution >= 0.6 is 0 Å². The third-order valence-electron chi connectivity index (χ3n) is 4.79. The molecule has 0 aromatic heterocycles. The molecule has 0 bridgehead atoms. The highest BCUT2D eigenvalue weighted by molar-refractivity contribution is 5.88. The summed E-state index contributed by atoms with van der Waals surface area (Å²) in [4.78, 5) is 24.3. The molecule has 0 radical (unpaired) electrons. The molecule has 4 heteroatoms. The molecule has 0 aliphatic heterocycles. The Balaban J connectivity index is 2.16. The van der Waals surface area contributed by atoms with Crippen LogP contribution in [0.5, 0.6) is 0 Å². The van der Waals surface area contributed by atoms with E-state index in [0.717, 1.165) is 38.5 Å². The van der Waals surface area contributed by atoms with Crippen molar-refractivity contribution in [3.8, 4) is 0 Å². The van der Waals surface area contributed by atoms with Gasteiger partial charge in [-0.25, -0.2) is 4.79 Å². The molecule has 0 aromatic rings. The summed E-state index contributed by atoms with van der Waals surface area (Å²) in [7, 11) is 0. The van der Waals surface area contributed by atoms with Gasteiger partial charge in [-0.3, -0.25) is 4.79 Å². The van der Waals surface area contributed by atoms with Gasteiger partial charge in [-0.1, -0.05) is 19.3 Å². The van der Waals surface area contributed by atoms with Crippen LogP contribution in [0, 0.1) is 5.41 Å². The molecule has 20 heavy (non-hydrogen) atoms. The van der Waals surface area contributed by atoms with Gasteiger partial charge in [-0.2, -0.15) is 0 Å². The number of hydrogen-bond donors (Lipinski definition) is 1. The predicted octanol–water partition coefficient (Wildman–Crippen LogP) is 3.58. The Morgan fingerprint density at radius 2 is 1.55 bits per heavy atom. The summed E-state index contributed by atoms with van der Waals surface area (Å²) >= 11 is 0. The minimum Gasteiger partial charge on any atom is -0.444 e. The van der Waals surface area contributed by atoms with E-state index in [0.29, 0.717) is 0 Å². The summed E-state index contributed by atoms with van der Waals surface area (Å²) in [6, 6.07) is 0. The molecule has 0 saturated heterocycles. The Hall–Kier alpha value is -1.06. The van der Waals surface area contributed by atoms with Crippen molar-refractivity contribution in [2.24, 2.45) is 5.41 Å². The molecular formula is C16H27NO3. The van der Waals surface area contributed by atoms with Gasteiger partial charge in [0.2, 0.25) is 0 Å². The highest BCUT2D eigenvalue weighted by Gasteiger charge is 2.63. The van der Waals surface area contributed by atoms with Crippen LogP contribution in [0.4, 0.5) is 4.79 Å². The van der Waals surface area contributed by atoms with E-state index in [1.54, 1.807) is 6.92 Å². The molecular weight excluding hydrogens is 254 g/mol. The fourth-order valence-electron chi connectivity index (χ4n) is 3.67. The van der Waals surface area contributed by atoms with Gasteiger partial charge in [0.15, 0.2) is 0 Å². The fourth-order valence-corrected chi connectivity index (χ4v) is 3.67. The molecule has 0 aromatic carbocycles. The number of nitrogens with one attached hydrogen (secondary N) is 1. The SMILES string of the molecule is CC(=O)C1(C2(NC(=O)OC(C)(C)C)CCCCC2)CC1. The van der Waals surface area contributed by atoms with Crippen LogP contribution in [0.2, 0.25) is 0 Å². The van der Waals surface area contributed by atoms with Crippen molar-refractivity contribution in [1.29, 1.82) is 0 Å². The second kappa shape index (κ2) is 5.05. The fraction of sp³-hybridized carbons (Fsp3) is 0.875. The molecule has 1 amide bonds. The molecule has 1 N–H and O–H groups in total. The lowest BCUT2D eigenvalue weighted by atomic mass is 9.69. The van der Waals surface area contributed by atoms with Gasteiger partial charge in [-0.15, -0.1) is 0 Å². The Morgan fingerprint density at radius 3 is 1.95 bits per heavy atom. The van der Waals surface area contributed by atoms with Gasteiger partial charge in [0, 0.05) is 0 Å². The summed E-state index contributed by atoms with van der Waals surface area (Å²) in [5, 5.41) is 3.09. The zero-order chi connectivity index (χ0) is 15.0. The van der Waals surface area contributed by atoms with Crippen molar-refractivity contribution in [3.63, 3.8) is 0 Å². The van der Waals surface area contributed by atoms with E-state index < -0.39 is 5.60 Å². The van der Waals surface area contributed by atoms with E-state index in [4.69, 9.17) is 4.74 Å². The first-order valence-electron chi connectivity index (χ1n) is 7.73. The largest absolute Gasteiger partial charge is 0.444 e. The summed E-state index contributed by atoms with van der Waals surface area (Å²) in [5.74, 6) is 0.218. The number of Topliss-reactive ketones (excluding diaryl/α,β-unsaturated/α-hetero) is 1. The lowest BCUT2D eigenvalue weighted by Gasteiger charge is -2.44. The maximum Gasteiger partial charge on any atom is 0.408 e. The Labute approximate surface area is 121 Å². The molecule has 2 saturated carbocycles. The molecule has 2 fully saturated rings. The molecule has 2 rings (SSSR count). The first-order chi connectivity index (χ1) is 9.21. The standard InChI is InChI=1S/C16H27NO3/c1-12(18)15(10-11-15)16(8-6-5-7-9-16)17-13(19)20-14(2,3)4/h5-11H2,1-4H3,(H,17,19). The van der Waals surface area contributed by atoms with E-state index in [9.17, 15) is 9.59 Å². The normalized spacial score (nSPS) is 23.8. The number of rotatable bonds is 3. The van der Waals surface area contributed by atoms with Crippen LogP contribution in [0.25, 0.3) is 0 Å². The second-order valence-corrected chi connectivity index (χ2v) is 7.41. The van der Waals surface area contributed by atoms with E-state index >= 15 is 0 Å². The van der Waals surface area contributed by atoms with Gasteiger partial charge in [-0.05, 0) is 53.4 Å². The second-order valence-electron chi connectivity index (χ2n) is 7.41. The maximum atomic E-state index is 12.2. The van der Waals surface area contributed by atoms with Crippen molar-refractivity contribution in [2.75, 3.05) is 0 Å². The van der Waals surface area contributed by atoms with E-state index in [1.807, 2.05) is 20.8 Å². The van der Waals surface area contributed by atoms with Gasteiger partial charge in [0.05, 0.1) is 11.0 Å². The summed E-state index contributed by atoms with van der Waals surface area (Å²) < 4.78 is 5.41. The molecule has 114 valence electrons.